The van der Waals surface area contributed by atoms with E-state index >= 15 is 0 Å². The molecule has 17 heavy (non-hydrogen) atoms. The molecule has 1 N–H and O–H groups in total. The van der Waals surface area contributed by atoms with Crippen LogP contribution in [0.5, 0.6) is 0 Å². The highest BCUT2D eigenvalue weighted by atomic mass is 79.9. The van der Waals surface area contributed by atoms with Gasteiger partial charge in [0.1, 0.15) is 0 Å². The third-order valence-electron chi connectivity index (χ3n) is 3.59. The van der Waals surface area contributed by atoms with Gasteiger partial charge >= 0.3 is 0 Å². The van der Waals surface area contributed by atoms with Crippen molar-refractivity contribution in [2.75, 3.05) is 0 Å². The molecule has 88 valence electrons. The van der Waals surface area contributed by atoms with Crippen molar-refractivity contribution in [2.45, 2.75) is 30.2 Å². The lowest BCUT2D eigenvalue weighted by Crippen LogP contribution is -2.05. The molecule has 0 spiro atoms. The molecule has 0 aromatic heterocycles. The van der Waals surface area contributed by atoms with E-state index in [0.29, 0.717) is 4.83 Å². The Bertz CT molecular complexity index is 501. The van der Waals surface area contributed by atoms with Crippen LogP contribution < -0.4 is 0 Å². The summed E-state index contributed by atoms with van der Waals surface area (Å²) in [6, 6.07) is 8.23. The fourth-order valence-corrected chi connectivity index (χ4v) is 3.21. The number of fused-ring (bicyclic) bond motifs is 2. The van der Waals surface area contributed by atoms with Gasteiger partial charge in [-0.25, -0.2) is 0 Å². The highest BCUT2D eigenvalue weighted by Gasteiger charge is 2.23. The molecule has 2 aliphatic rings. The number of benzene rings is 1. The maximum atomic E-state index is 10.3. The number of rotatable bonds is 0. The average molecular weight is 291 g/mol. The summed E-state index contributed by atoms with van der Waals surface area (Å²) in [7, 11) is 0. The quantitative estimate of drug-likeness (QED) is 0.723. The Hall–Kier alpha value is -0.860. The number of hydrogen-bond donors (Lipinski definition) is 1. The van der Waals surface area contributed by atoms with E-state index in [2.05, 4.69) is 40.2 Å². The molecule has 0 amide bonds. The maximum absolute atomic E-state index is 10.3. The Balaban J connectivity index is 2.05. The van der Waals surface area contributed by atoms with Crippen molar-refractivity contribution < 1.29 is 5.11 Å². The molecular weight excluding hydrogens is 276 g/mol. The van der Waals surface area contributed by atoms with Crippen LogP contribution in [-0.4, -0.2) is 9.93 Å². The zero-order valence-corrected chi connectivity index (χ0v) is 11.2. The minimum absolute atomic E-state index is 0.360. The van der Waals surface area contributed by atoms with Crippen LogP contribution in [0.1, 0.15) is 30.1 Å². The van der Waals surface area contributed by atoms with Crippen LogP contribution in [0.3, 0.4) is 0 Å². The largest absolute Gasteiger partial charge is 0.388 e. The van der Waals surface area contributed by atoms with Gasteiger partial charge < -0.3 is 5.11 Å². The molecule has 2 heteroatoms. The molecule has 2 atom stereocenters. The molecule has 0 aliphatic heterocycles. The molecule has 1 nitrogen and oxygen atoms in total. The first-order chi connectivity index (χ1) is 8.24. The van der Waals surface area contributed by atoms with Crippen molar-refractivity contribution >= 4 is 15.9 Å². The average Bonchev–Trinajstić information content (AvgIpc) is 2.46. The van der Waals surface area contributed by atoms with Gasteiger partial charge in [-0.05, 0) is 35.1 Å². The topological polar surface area (TPSA) is 20.2 Å². The van der Waals surface area contributed by atoms with Gasteiger partial charge in [-0.1, -0.05) is 52.3 Å². The van der Waals surface area contributed by atoms with Crippen LogP contribution in [0, 0.1) is 0 Å². The van der Waals surface area contributed by atoms with Crippen molar-refractivity contribution in [2.24, 2.45) is 0 Å². The van der Waals surface area contributed by atoms with E-state index in [4.69, 9.17) is 0 Å². The SMILES string of the molecule is OC1CC2=CC(Br)CC=C2Cc2ccccc21. The smallest absolute Gasteiger partial charge is 0.0833 e. The van der Waals surface area contributed by atoms with Gasteiger partial charge in [0.15, 0.2) is 0 Å². The van der Waals surface area contributed by atoms with Crippen LogP contribution in [0.15, 0.2) is 47.6 Å². The van der Waals surface area contributed by atoms with Gasteiger partial charge in [0.2, 0.25) is 0 Å². The fourth-order valence-electron chi connectivity index (χ4n) is 2.71. The molecule has 2 unspecified atom stereocenters. The first-order valence-electron chi connectivity index (χ1n) is 6.04. The number of alkyl halides is 1. The van der Waals surface area contributed by atoms with Gasteiger partial charge in [0, 0.05) is 11.2 Å². The lowest BCUT2D eigenvalue weighted by molar-refractivity contribution is 0.179. The number of aliphatic hydroxyl groups excluding tert-OH is 1. The van der Waals surface area contributed by atoms with E-state index in [9.17, 15) is 5.11 Å². The normalized spacial score (nSPS) is 27.4. The first-order valence-corrected chi connectivity index (χ1v) is 6.95. The van der Waals surface area contributed by atoms with Crippen LogP contribution in [-0.2, 0) is 6.42 Å². The van der Waals surface area contributed by atoms with Crippen molar-refractivity contribution in [3.05, 3.63) is 58.7 Å². The zero-order chi connectivity index (χ0) is 11.8. The Kier molecular flexibility index (Phi) is 2.93. The Morgan fingerprint density at radius 1 is 1.18 bits per heavy atom. The second kappa shape index (κ2) is 4.43. The van der Waals surface area contributed by atoms with Crippen LogP contribution >= 0.6 is 15.9 Å². The zero-order valence-electron chi connectivity index (χ0n) is 9.57. The van der Waals surface area contributed by atoms with E-state index < -0.39 is 0 Å². The van der Waals surface area contributed by atoms with Crippen molar-refractivity contribution in [3.8, 4) is 0 Å². The molecule has 0 fully saturated rings. The molecule has 1 aromatic carbocycles. The lowest BCUT2D eigenvalue weighted by atomic mass is 9.93. The summed E-state index contributed by atoms with van der Waals surface area (Å²) in [6.45, 7) is 0. The number of aliphatic hydroxyl groups is 1. The fraction of sp³-hybridized carbons (Fsp3) is 0.333. The van der Waals surface area contributed by atoms with E-state index in [1.165, 1.54) is 16.7 Å². The third-order valence-corrected chi connectivity index (χ3v) is 4.23. The predicted molar refractivity (Wildman–Crippen MR) is 73.2 cm³/mol. The molecule has 0 radical (unpaired) electrons. The summed E-state index contributed by atoms with van der Waals surface area (Å²) in [5.41, 5.74) is 5.06. The minimum atomic E-state index is -0.360. The van der Waals surface area contributed by atoms with Crippen molar-refractivity contribution in [1.82, 2.24) is 0 Å². The second-order valence-corrected chi connectivity index (χ2v) is 5.94. The van der Waals surface area contributed by atoms with Gasteiger partial charge in [-0.3, -0.25) is 0 Å². The highest BCUT2D eigenvalue weighted by Crippen LogP contribution is 2.37. The van der Waals surface area contributed by atoms with Gasteiger partial charge in [0.05, 0.1) is 6.10 Å². The molecular formula is C15H15BrO. The maximum Gasteiger partial charge on any atom is 0.0833 e. The monoisotopic (exact) mass is 290 g/mol. The Morgan fingerprint density at radius 2 is 2.00 bits per heavy atom. The van der Waals surface area contributed by atoms with Crippen LogP contribution in [0.2, 0.25) is 0 Å². The minimum Gasteiger partial charge on any atom is -0.388 e. The summed E-state index contributed by atoms with van der Waals surface area (Å²) in [5.74, 6) is 0. The molecule has 3 rings (SSSR count). The Morgan fingerprint density at radius 3 is 2.88 bits per heavy atom. The summed E-state index contributed by atoms with van der Waals surface area (Å²) in [4.78, 5) is 0.426. The number of halogens is 1. The molecule has 0 saturated heterocycles. The van der Waals surface area contributed by atoms with Crippen LogP contribution in [0.4, 0.5) is 0 Å². The Labute approximate surface area is 110 Å². The van der Waals surface area contributed by atoms with Gasteiger partial charge in [-0.2, -0.15) is 0 Å². The third kappa shape index (κ3) is 2.12. The molecule has 1 aromatic rings. The van der Waals surface area contributed by atoms with Crippen molar-refractivity contribution in [1.29, 1.82) is 0 Å². The van der Waals surface area contributed by atoms with E-state index in [1.807, 2.05) is 12.1 Å². The lowest BCUT2D eigenvalue weighted by Gasteiger charge is -2.17. The van der Waals surface area contributed by atoms with E-state index in [0.717, 1.165) is 24.8 Å². The predicted octanol–water partition coefficient (Wildman–Crippen LogP) is 3.69. The summed E-state index contributed by atoms with van der Waals surface area (Å²) >= 11 is 3.63. The number of hydrogen-bond acceptors (Lipinski definition) is 1. The summed E-state index contributed by atoms with van der Waals surface area (Å²) in [6.07, 6.45) is 6.95. The molecule has 0 saturated carbocycles. The summed E-state index contributed by atoms with van der Waals surface area (Å²) < 4.78 is 0. The van der Waals surface area contributed by atoms with Crippen LogP contribution in [0.25, 0.3) is 0 Å². The molecule has 2 aliphatic carbocycles. The summed E-state index contributed by atoms with van der Waals surface area (Å²) in [5, 5.41) is 10.3. The van der Waals surface area contributed by atoms with Crippen molar-refractivity contribution in [3.63, 3.8) is 0 Å². The second-order valence-electron chi connectivity index (χ2n) is 4.77. The highest BCUT2D eigenvalue weighted by molar-refractivity contribution is 9.09. The number of allylic oxidation sites excluding steroid dienone is 3. The molecule has 0 heterocycles. The van der Waals surface area contributed by atoms with Gasteiger partial charge in [0.25, 0.3) is 0 Å². The van der Waals surface area contributed by atoms with E-state index in [1.54, 1.807) is 0 Å². The first kappa shape index (κ1) is 11.2. The van der Waals surface area contributed by atoms with Gasteiger partial charge in [-0.15, -0.1) is 0 Å². The molecule has 0 bridgehead atoms. The van der Waals surface area contributed by atoms with E-state index in [-0.39, 0.29) is 6.10 Å². The standard InChI is InChI=1S/C15H15BrO/c16-13-6-5-10-7-11-3-1-2-4-14(11)15(17)9-12(10)8-13/h1-5,8,13,15,17H,6-7,9H2.